The normalized spacial score (nSPS) is 11.2. The Hall–Kier alpha value is -1.49. The first-order valence-corrected chi connectivity index (χ1v) is 5.14. The van der Waals surface area contributed by atoms with Gasteiger partial charge >= 0.3 is 0 Å². The van der Waals surface area contributed by atoms with Gasteiger partial charge in [0.2, 0.25) is 0 Å². The molecule has 0 aliphatic carbocycles. The summed E-state index contributed by atoms with van der Waals surface area (Å²) in [4.78, 5) is 0. The molecule has 0 aromatic heterocycles. The SMILES string of the molecule is COc1cc(OC)c(OC)c(C(C)(C)N)c1F. The maximum absolute atomic E-state index is 14.2. The second-order valence-electron chi connectivity index (χ2n) is 4.23. The standard InChI is InChI=1S/C12H18FNO3/c1-12(2,14)9-10(13)7(15-3)6-8(16-4)11(9)17-5/h6H,14H2,1-5H3. The molecule has 5 heteroatoms. The smallest absolute Gasteiger partial charge is 0.174 e. The first-order valence-electron chi connectivity index (χ1n) is 5.14. The lowest BCUT2D eigenvalue weighted by atomic mass is 9.93. The van der Waals surface area contributed by atoms with E-state index in [9.17, 15) is 4.39 Å². The number of hydrogen-bond acceptors (Lipinski definition) is 4. The minimum Gasteiger partial charge on any atom is -0.494 e. The van der Waals surface area contributed by atoms with Crippen LogP contribution in [-0.2, 0) is 5.54 Å². The Morgan fingerprint density at radius 1 is 1.06 bits per heavy atom. The lowest BCUT2D eigenvalue weighted by Crippen LogP contribution is -2.31. The molecule has 4 nitrogen and oxygen atoms in total. The highest BCUT2D eigenvalue weighted by atomic mass is 19.1. The van der Waals surface area contributed by atoms with Gasteiger partial charge in [-0.05, 0) is 13.8 Å². The highest BCUT2D eigenvalue weighted by Gasteiger charge is 2.29. The van der Waals surface area contributed by atoms with Gasteiger partial charge in [0.05, 0.1) is 26.9 Å². The molecule has 17 heavy (non-hydrogen) atoms. The van der Waals surface area contributed by atoms with Gasteiger partial charge in [0.15, 0.2) is 23.1 Å². The van der Waals surface area contributed by atoms with Gasteiger partial charge in [-0.15, -0.1) is 0 Å². The van der Waals surface area contributed by atoms with Gasteiger partial charge in [0, 0.05) is 11.6 Å². The number of rotatable bonds is 4. The van der Waals surface area contributed by atoms with Crippen LogP contribution in [0.5, 0.6) is 17.2 Å². The van der Waals surface area contributed by atoms with Crippen LogP contribution < -0.4 is 19.9 Å². The zero-order chi connectivity index (χ0) is 13.2. The lowest BCUT2D eigenvalue weighted by Gasteiger charge is -2.25. The fourth-order valence-electron chi connectivity index (χ4n) is 1.67. The number of nitrogens with two attached hydrogens (primary N) is 1. The molecule has 0 saturated carbocycles. The third-order valence-corrected chi connectivity index (χ3v) is 2.44. The van der Waals surface area contributed by atoms with Gasteiger partial charge in [-0.3, -0.25) is 0 Å². The molecule has 0 aliphatic rings. The summed E-state index contributed by atoms with van der Waals surface area (Å²) in [5.41, 5.74) is 5.28. The van der Waals surface area contributed by atoms with Crippen molar-refractivity contribution in [1.82, 2.24) is 0 Å². The quantitative estimate of drug-likeness (QED) is 0.879. The van der Waals surface area contributed by atoms with Crippen molar-refractivity contribution < 1.29 is 18.6 Å². The van der Waals surface area contributed by atoms with E-state index >= 15 is 0 Å². The average molecular weight is 243 g/mol. The van der Waals surface area contributed by atoms with Crippen LogP contribution in [0.1, 0.15) is 19.4 Å². The van der Waals surface area contributed by atoms with Crippen LogP contribution in [0, 0.1) is 5.82 Å². The van der Waals surface area contributed by atoms with Crippen molar-refractivity contribution in [2.45, 2.75) is 19.4 Å². The molecule has 0 unspecified atom stereocenters. The third-order valence-electron chi connectivity index (χ3n) is 2.44. The molecule has 0 radical (unpaired) electrons. The number of hydrogen-bond donors (Lipinski definition) is 1. The van der Waals surface area contributed by atoms with E-state index in [4.69, 9.17) is 19.9 Å². The zero-order valence-corrected chi connectivity index (χ0v) is 10.8. The van der Waals surface area contributed by atoms with Gasteiger partial charge in [-0.2, -0.15) is 0 Å². The molecular weight excluding hydrogens is 225 g/mol. The van der Waals surface area contributed by atoms with Gasteiger partial charge in [0.25, 0.3) is 0 Å². The zero-order valence-electron chi connectivity index (χ0n) is 10.8. The van der Waals surface area contributed by atoms with E-state index in [1.807, 2.05) is 0 Å². The van der Waals surface area contributed by atoms with E-state index in [0.717, 1.165) is 0 Å². The van der Waals surface area contributed by atoms with E-state index in [1.165, 1.54) is 27.4 Å². The van der Waals surface area contributed by atoms with Gasteiger partial charge < -0.3 is 19.9 Å². The van der Waals surface area contributed by atoms with E-state index < -0.39 is 11.4 Å². The van der Waals surface area contributed by atoms with E-state index in [2.05, 4.69) is 0 Å². The highest BCUT2D eigenvalue weighted by molar-refractivity contribution is 5.55. The van der Waals surface area contributed by atoms with Crippen molar-refractivity contribution in [1.29, 1.82) is 0 Å². The largest absolute Gasteiger partial charge is 0.494 e. The Bertz CT molecular complexity index is 413. The van der Waals surface area contributed by atoms with Crippen LogP contribution in [0.3, 0.4) is 0 Å². The highest BCUT2D eigenvalue weighted by Crippen LogP contribution is 2.42. The Labute approximate surface area is 100 Å². The van der Waals surface area contributed by atoms with Crippen molar-refractivity contribution in [3.8, 4) is 17.2 Å². The minimum absolute atomic E-state index is 0.0798. The van der Waals surface area contributed by atoms with Crippen LogP contribution in [0.4, 0.5) is 4.39 Å². The number of methoxy groups -OCH3 is 3. The summed E-state index contributed by atoms with van der Waals surface area (Å²) < 4.78 is 29.5. The topological polar surface area (TPSA) is 53.7 Å². The van der Waals surface area contributed by atoms with Crippen LogP contribution in [0.2, 0.25) is 0 Å². The van der Waals surface area contributed by atoms with Gasteiger partial charge in [-0.25, -0.2) is 4.39 Å². The summed E-state index contributed by atoms with van der Waals surface area (Å²) in [6, 6.07) is 1.43. The van der Waals surface area contributed by atoms with Crippen LogP contribution in [0.15, 0.2) is 6.07 Å². The van der Waals surface area contributed by atoms with Crippen LogP contribution in [0.25, 0.3) is 0 Å². The minimum atomic E-state index is -0.906. The monoisotopic (exact) mass is 243 g/mol. The fourth-order valence-corrected chi connectivity index (χ4v) is 1.67. The molecule has 0 bridgehead atoms. The molecule has 2 N–H and O–H groups in total. The summed E-state index contributed by atoms with van der Waals surface area (Å²) in [5.74, 6) is 0.228. The van der Waals surface area contributed by atoms with Crippen LogP contribution in [-0.4, -0.2) is 21.3 Å². The summed E-state index contributed by atoms with van der Waals surface area (Å²) in [7, 11) is 4.30. The molecule has 0 atom stereocenters. The second kappa shape index (κ2) is 4.79. The molecule has 1 rings (SSSR count). The fraction of sp³-hybridized carbons (Fsp3) is 0.500. The predicted octanol–water partition coefficient (Wildman–Crippen LogP) is 2.05. The van der Waals surface area contributed by atoms with Crippen LogP contribution >= 0.6 is 0 Å². The Kier molecular flexibility index (Phi) is 3.83. The summed E-state index contributed by atoms with van der Waals surface area (Å²) in [5, 5.41) is 0. The number of halogens is 1. The first-order chi connectivity index (χ1) is 7.86. The Morgan fingerprint density at radius 3 is 1.94 bits per heavy atom. The molecule has 0 saturated heterocycles. The number of ether oxygens (including phenoxy) is 3. The summed E-state index contributed by atoms with van der Waals surface area (Å²) >= 11 is 0. The molecular formula is C12H18FNO3. The van der Waals surface area contributed by atoms with Crippen molar-refractivity contribution in [3.05, 3.63) is 17.4 Å². The van der Waals surface area contributed by atoms with Crippen molar-refractivity contribution in [2.75, 3.05) is 21.3 Å². The average Bonchev–Trinajstić information content (AvgIpc) is 2.26. The predicted molar refractivity (Wildman–Crippen MR) is 63.3 cm³/mol. The summed E-state index contributed by atoms with van der Waals surface area (Å²) in [6.45, 7) is 3.37. The van der Waals surface area contributed by atoms with E-state index in [0.29, 0.717) is 11.5 Å². The maximum atomic E-state index is 14.2. The van der Waals surface area contributed by atoms with Gasteiger partial charge in [-0.1, -0.05) is 0 Å². The van der Waals surface area contributed by atoms with Crippen molar-refractivity contribution in [3.63, 3.8) is 0 Å². The molecule has 1 aromatic carbocycles. The van der Waals surface area contributed by atoms with Crippen molar-refractivity contribution in [2.24, 2.45) is 5.73 Å². The number of benzene rings is 1. The van der Waals surface area contributed by atoms with Gasteiger partial charge in [0.1, 0.15) is 0 Å². The van der Waals surface area contributed by atoms with Crippen molar-refractivity contribution >= 4 is 0 Å². The molecule has 1 aromatic rings. The molecule has 0 spiro atoms. The first kappa shape index (κ1) is 13.6. The molecule has 0 amide bonds. The molecule has 0 aliphatic heterocycles. The molecule has 0 fully saturated rings. The summed E-state index contributed by atoms with van der Waals surface area (Å²) in [6.07, 6.45) is 0. The maximum Gasteiger partial charge on any atom is 0.174 e. The Balaban J connectivity index is 3.62. The molecule has 96 valence electrons. The van der Waals surface area contributed by atoms with E-state index in [1.54, 1.807) is 13.8 Å². The second-order valence-corrected chi connectivity index (χ2v) is 4.23. The lowest BCUT2D eigenvalue weighted by molar-refractivity contribution is 0.323. The Morgan fingerprint density at radius 2 is 1.59 bits per heavy atom. The van der Waals surface area contributed by atoms with E-state index in [-0.39, 0.29) is 11.3 Å². The third kappa shape index (κ3) is 2.44. The molecule has 0 heterocycles.